The van der Waals surface area contributed by atoms with Crippen molar-refractivity contribution in [3.63, 3.8) is 0 Å². The normalized spacial score (nSPS) is 17.5. The SMILES string of the molecule is O=C(Cc1ccc(Cl)cc1)N1CCC[C@H]1c1nc2ccccc2s1. The Morgan fingerprint density at radius 1 is 1.21 bits per heavy atom. The summed E-state index contributed by atoms with van der Waals surface area (Å²) < 4.78 is 1.18. The summed E-state index contributed by atoms with van der Waals surface area (Å²) in [5.74, 6) is 0.166. The van der Waals surface area contributed by atoms with Gasteiger partial charge in [-0.1, -0.05) is 35.9 Å². The third kappa shape index (κ3) is 3.04. The molecule has 1 fully saturated rings. The number of halogens is 1. The van der Waals surface area contributed by atoms with E-state index in [9.17, 15) is 4.79 Å². The predicted octanol–water partition coefficient (Wildman–Crippen LogP) is 4.86. The van der Waals surface area contributed by atoms with Gasteiger partial charge >= 0.3 is 0 Å². The van der Waals surface area contributed by atoms with Crippen molar-refractivity contribution in [3.05, 3.63) is 64.1 Å². The van der Waals surface area contributed by atoms with Crippen molar-refractivity contribution in [3.8, 4) is 0 Å². The smallest absolute Gasteiger partial charge is 0.227 e. The van der Waals surface area contributed by atoms with Gasteiger partial charge in [-0.2, -0.15) is 0 Å². The van der Waals surface area contributed by atoms with E-state index in [0.717, 1.165) is 35.5 Å². The lowest BCUT2D eigenvalue weighted by Crippen LogP contribution is -2.31. The van der Waals surface area contributed by atoms with E-state index < -0.39 is 0 Å². The molecule has 0 spiro atoms. The van der Waals surface area contributed by atoms with Crippen molar-refractivity contribution in [2.75, 3.05) is 6.54 Å². The van der Waals surface area contributed by atoms with E-state index >= 15 is 0 Å². The van der Waals surface area contributed by atoms with Crippen molar-refractivity contribution < 1.29 is 4.79 Å². The highest BCUT2D eigenvalue weighted by atomic mass is 35.5. The van der Waals surface area contributed by atoms with Crippen LogP contribution >= 0.6 is 22.9 Å². The van der Waals surface area contributed by atoms with Crippen LogP contribution < -0.4 is 0 Å². The van der Waals surface area contributed by atoms with E-state index in [1.54, 1.807) is 11.3 Å². The van der Waals surface area contributed by atoms with Crippen molar-refractivity contribution >= 4 is 39.1 Å². The molecule has 4 rings (SSSR count). The molecule has 1 aliphatic heterocycles. The van der Waals surface area contributed by atoms with E-state index in [0.29, 0.717) is 11.4 Å². The molecule has 3 nitrogen and oxygen atoms in total. The summed E-state index contributed by atoms with van der Waals surface area (Å²) in [6.07, 6.45) is 2.44. The van der Waals surface area contributed by atoms with Gasteiger partial charge in [-0.25, -0.2) is 4.98 Å². The first-order valence-electron chi connectivity index (χ1n) is 8.10. The fourth-order valence-electron chi connectivity index (χ4n) is 3.23. The van der Waals surface area contributed by atoms with Gasteiger partial charge in [-0.05, 0) is 42.7 Å². The van der Waals surface area contributed by atoms with Crippen LogP contribution in [0.2, 0.25) is 5.02 Å². The Balaban J connectivity index is 1.55. The summed E-state index contributed by atoms with van der Waals surface area (Å²) in [6.45, 7) is 0.813. The third-order valence-corrected chi connectivity index (χ3v) is 5.83. The maximum Gasteiger partial charge on any atom is 0.227 e. The highest BCUT2D eigenvalue weighted by molar-refractivity contribution is 7.18. The van der Waals surface area contributed by atoms with Crippen molar-refractivity contribution in [1.29, 1.82) is 0 Å². The van der Waals surface area contributed by atoms with Crippen molar-refractivity contribution in [1.82, 2.24) is 9.88 Å². The average Bonchev–Trinajstić information content (AvgIpc) is 3.23. The van der Waals surface area contributed by atoms with E-state index in [2.05, 4.69) is 6.07 Å². The molecule has 122 valence electrons. The quantitative estimate of drug-likeness (QED) is 0.671. The second-order valence-corrected chi connectivity index (χ2v) is 7.57. The zero-order valence-electron chi connectivity index (χ0n) is 13.1. The molecule has 1 aromatic heterocycles. The summed E-state index contributed by atoms with van der Waals surface area (Å²) in [6, 6.07) is 15.8. The van der Waals surface area contributed by atoms with Crippen LogP contribution in [0.15, 0.2) is 48.5 Å². The molecule has 1 atom stereocenters. The molecule has 0 saturated carbocycles. The van der Waals surface area contributed by atoms with E-state index in [4.69, 9.17) is 16.6 Å². The van der Waals surface area contributed by atoms with Crippen LogP contribution in [0.5, 0.6) is 0 Å². The highest BCUT2D eigenvalue weighted by Gasteiger charge is 2.32. The number of para-hydroxylation sites is 1. The maximum atomic E-state index is 12.8. The minimum absolute atomic E-state index is 0.113. The number of hydrogen-bond acceptors (Lipinski definition) is 3. The minimum Gasteiger partial charge on any atom is -0.333 e. The van der Waals surface area contributed by atoms with Gasteiger partial charge in [0.05, 0.1) is 22.7 Å². The van der Waals surface area contributed by atoms with Gasteiger partial charge in [0.2, 0.25) is 5.91 Å². The molecule has 1 saturated heterocycles. The molecule has 1 amide bonds. The number of amides is 1. The molecule has 24 heavy (non-hydrogen) atoms. The van der Waals surface area contributed by atoms with Crippen LogP contribution in [-0.2, 0) is 11.2 Å². The topological polar surface area (TPSA) is 33.2 Å². The molecular weight excluding hydrogens is 340 g/mol. The number of hydrogen-bond donors (Lipinski definition) is 0. The first-order valence-corrected chi connectivity index (χ1v) is 9.29. The number of carbonyl (C=O) groups is 1. The molecule has 0 bridgehead atoms. The molecule has 0 aliphatic carbocycles. The number of aromatic nitrogens is 1. The van der Waals surface area contributed by atoms with Gasteiger partial charge in [-0.15, -0.1) is 11.3 Å². The second-order valence-electron chi connectivity index (χ2n) is 6.07. The average molecular weight is 357 g/mol. The Labute approximate surface area is 149 Å². The molecule has 1 aliphatic rings. The number of nitrogens with zero attached hydrogens (tertiary/aromatic N) is 2. The lowest BCUT2D eigenvalue weighted by molar-refractivity contribution is -0.131. The first kappa shape index (κ1) is 15.6. The third-order valence-electron chi connectivity index (χ3n) is 4.44. The monoisotopic (exact) mass is 356 g/mol. The lowest BCUT2D eigenvalue weighted by atomic mass is 10.1. The van der Waals surface area contributed by atoms with Gasteiger partial charge in [0.25, 0.3) is 0 Å². The number of benzene rings is 2. The van der Waals surface area contributed by atoms with Crippen LogP contribution in [0, 0.1) is 0 Å². The summed E-state index contributed by atoms with van der Waals surface area (Å²) in [4.78, 5) is 19.5. The standard InChI is InChI=1S/C19H17ClN2OS/c20-14-9-7-13(8-10-14)12-18(23)22-11-3-5-16(22)19-21-15-4-1-2-6-17(15)24-19/h1-2,4,6-10,16H,3,5,11-12H2/t16-/m0/s1. The Kier molecular flexibility index (Phi) is 4.25. The van der Waals surface area contributed by atoms with E-state index in [-0.39, 0.29) is 11.9 Å². The van der Waals surface area contributed by atoms with Crippen LogP contribution in [0.4, 0.5) is 0 Å². The number of thiazole rings is 1. The lowest BCUT2D eigenvalue weighted by Gasteiger charge is -2.23. The molecule has 5 heteroatoms. The highest BCUT2D eigenvalue weighted by Crippen LogP contribution is 2.36. The molecule has 0 unspecified atom stereocenters. The number of fused-ring (bicyclic) bond motifs is 1. The number of rotatable bonds is 3. The summed E-state index contributed by atoms with van der Waals surface area (Å²) >= 11 is 7.62. The Morgan fingerprint density at radius 3 is 2.79 bits per heavy atom. The van der Waals surface area contributed by atoms with Gasteiger partial charge in [-0.3, -0.25) is 4.79 Å². The van der Waals surface area contributed by atoms with Gasteiger partial charge in [0, 0.05) is 11.6 Å². The summed E-state index contributed by atoms with van der Waals surface area (Å²) in [5, 5.41) is 1.75. The molecule has 0 radical (unpaired) electrons. The van der Waals surface area contributed by atoms with Crippen LogP contribution in [0.25, 0.3) is 10.2 Å². The Hall–Kier alpha value is -1.91. The molecule has 2 heterocycles. The van der Waals surface area contributed by atoms with Crippen LogP contribution in [0.3, 0.4) is 0 Å². The number of likely N-dealkylation sites (tertiary alicyclic amines) is 1. The maximum absolute atomic E-state index is 12.8. The Bertz CT molecular complexity index is 841. The summed E-state index contributed by atoms with van der Waals surface area (Å²) in [7, 11) is 0. The zero-order valence-corrected chi connectivity index (χ0v) is 14.7. The van der Waals surface area contributed by atoms with Gasteiger partial charge in [0.1, 0.15) is 5.01 Å². The minimum atomic E-state index is 0.113. The fourth-order valence-corrected chi connectivity index (χ4v) is 4.47. The molecule has 2 aromatic carbocycles. The van der Waals surface area contributed by atoms with Crippen LogP contribution in [-0.4, -0.2) is 22.3 Å². The van der Waals surface area contributed by atoms with Gasteiger partial charge < -0.3 is 4.90 Å². The molecule has 3 aromatic rings. The van der Waals surface area contributed by atoms with Gasteiger partial charge in [0.15, 0.2) is 0 Å². The first-order chi connectivity index (χ1) is 11.7. The number of carbonyl (C=O) groups excluding carboxylic acids is 1. The molecule has 0 N–H and O–H groups in total. The predicted molar refractivity (Wildman–Crippen MR) is 98.5 cm³/mol. The second kappa shape index (κ2) is 6.54. The van der Waals surface area contributed by atoms with E-state index in [1.165, 1.54) is 4.70 Å². The fraction of sp³-hybridized carbons (Fsp3) is 0.263. The Morgan fingerprint density at radius 2 is 2.00 bits per heavy atom. The van der Waals surface area contributed by atoms with E-state index in [1.807, 2.05) is 47.4 Å². The van der Waals surface area contributed by atoms with Crippen LogP contribution in [0.1, 0.15) is 29.5 Å². The largest absolute Gasteiger partial charge is 0.333 e. The molecular formula is C19H17ClN2OS. The van der Waals surface area contributed by atoms with Crippen molar-refractivity contribution in [2.24, 2.45) is 0 Å². The summed E-state index contributed by atoms with van der Waals surface area (Å²) in [5.41, 5.74) is 2.02. The zero-order chi connectivity index (χ0) is 16.5. The van der Waals surface area contributed by atoms with Crippen molar-refractivity contribution in [2.45, 2.75) is 25.3 Å².